The van der Waals surface area contributed by atoms with Crippen molar-refractivity contribution in [2.75, 3.05) is 26.2 Å². The van der Waals surface area contributed by atoms with Crippen molar-refractivity contribution in [3.8, 4) is 0 Å². The van der Waals surface area contributed by atoms with Gasteiger partial charge in [-0.1, -0.05) is 50.1 Å². The number of nitrogens with zero attached hydrogens (tertiary/aromatic N) is 1. The van der Waals surface area contributed by atoms with Gasteiger partial charge < -0.3 is 5.32 Å². The second-order valence-corrected chi connectivity index (χ2v) is 5.53. The molecule has 1 unspecified atom stereocenters. The van der Waals surface area contributed by atoms with Gasteiger partial charge in [0.15, 0.2) is 0 Å². The highest BCUT2D eigenvalue weighted by molar-refractivity contribution is 5.85. The molecular weight excluding hydrogens is 291 g/mol. The number of piperazine rings is 1. The zero-order valence-electron chi connectivity index (χ0n) is 12.8. The molecule has 1 aliphatic heterocycles. The molecule has 0 amide bonds. The predicted octanol–water partition coefficient (Wildman–Crippen LogP) is 3.83. The van der Waals surface area contributed by atoms with Crippen molar-refractivity contribution in [2.45, 2.75) is 33.2 Å². The van der Waals surface area contributed by atoms with Gasteiger partial charge in [0.2, 0.25) is 0 Å². The van der Waals surface area contributed by atoms with E-state index < -0.39 is 0 Å². The molecule has 0 aliphatic carbocycles. The van der Waals surface area contributed by atoms with E-state index in [4.69, 9.17) is 0 Å². The molecule has 0 aromatic heterocycles. The fourth-order valence-corrected chi connectivity index (χ4v) is 2.85. The molecule has 4 heteroatoms. The van der Waals surface area contributed by atoms with Crippen molar-refractivity contribution >= 4 is 24.8 Å². The van der Waals surface area contributed by atoms with E-state index in [2.05, 4.69) is 55.3 Å². The van der Waals surface area contributed by atoms with E-state index in [9.17, 15) is 0 Å². The summed E-state index contributed by atoms with van der Waals surface area (Å²) in [4.78, 5) is 2.65. The summed E-state index contributed by atoms with van der Waals surface area (Å²) in [6, 6.07) is 9.69. The molecule has 1 N–H and O–H groups in total. The third kappa shape index (κ3) is 4.92. The Kier molecular flexibility index (Phi) is 9.48. The van der Waals surface area contributed by atoms with Gasteiger partial charge in [-0.2, -0.15) is 0 Å². The lowest BCUT2D eigenvalue weighted by Gasteiger charge is -2.38. The first-order valence-electron chi connectivity index (χ1n) is 7.23. The molecule has 0 saturated carbocycles. The normalized spacial score (nSPS) is 18.6. The van der Waals surface area contributed by atoms with Gasteiger partial charge in [0, 0.05) is 32.2 Å². The number of nitrogens with one attached hydrogen (secondary N) is 1. The molecule has 1 aromatic rings. The van der Waals surface area contributed by atoms with Crippen molar-refractivity contribution in [1.29, 1.82) is 0 Å². The van der Waals surface area contributed by atoms with Crippen LogP contribution in [0.4, 0.5) is 0 Å². The second kappa shape index (κ2) is 9.62. The molecule has 1 aromatic carbocycles. The van der Waals surface area contributed by atoms with Gasteiger partial charge in [-0.3, -0.25) is 4.90 Å². The monoisotopic (exact) mass is 318 g/mol. The smallest absolute Gasteiger partial charge is 0.0374 e. The van der Waals surface area contributed by atoms with Gasteiger partial charge in [0.1, 0.15) is 0 Å². The van der Waals surface area contributed by atoms with Crippen LogP contribution < -0.4 is 5.32 Å². The first-order chi connectivity index (χ1) is 8.72. The Bertz CT molecular complexity index is 361. The Morgan fingerprint density at radius 1 is 1.10 bits per heavy atom. The van der Waals surface area contributed by atoms with Crippen LogP contribution in [0, 0.1) is 12.8 Å². The van der Waals surface area contributed by atoms with Gasteiger partial charge in [0.05, 0.1) is 0 Å². The van der Waals surface area contributed by atoms with E-state index in [1.165, 1.54) is 30.6 Å². The van der Waals surface area contributed by atoms with Crippen LogP contribution in [0.1, 0.15) is 37.4 Å². The number of hydrogen-bond donors (Lipinski definition) is 1. The first kappa shape index (κ1) is 19.7. The third-order valence-corrected chi connectivity index (χ3v) is 4.15. The zero-order valence-corrected chi connectivity index (χ0v) is 14.4. The molecule has 0 spiro atoms. The van der Waals surface area contributed by atoms with Gasteiger partial charge >= 0.3 is 0 Å². The summed E-state index contributed by atoms with van der Waals surface area (Å²) in [6.45, 7) is 11.4. The van der Waals surface area contributed by atoms with Gasteiger partial charge in [-0.15, -0.1) is 24.8 Å². The third-order valence-electron chi connectivity index (χ3n) is 4.15. The van der Waals surface area contributed by atoms with Crippen LogP contribution in [-0.2, 0) is 0 Å². The number of hydrogen-bond acceptors (Lipinski definition) is 2. The fraction of sp³-hybridized carbons (Fsp3) is 0.625. The van der Waals surface area contributed by atoms with Crippen LogP contribution in [0.5, 0.6) is 0 Å². The lowest BCUT2D eigenvalue weighted by molar-refractivity contribution is 0.128. The molecule has 2 rings (SSSR count). The van der Waals surface area contributed by atoms with Crippen molar-refractivity contribution < 1.29 is 0 Å². The van der Waals surface area contributed by atoms with Crippen molar-refractivity contribution in [1.82, 2.24) is 10.2 Å². The SMILES string of the molecule is CCC(C)[C@@H](c1ccc(C)cc1)N1CCNCC1.Cl.Cl. The van der Waals surface area contributed by atoms with E-state index in [-0.39, 0.29) is 24.8 Å². The molecule has 20 heavy (non-hydrogen) atoms. The van der Waals surface area contributed by atoms with E-state index in [0.29, 0.717) is 12.0 Å². The Hall–Kier alpha value is -0.280. The average Bonchev–Trinajstić information content (AvgIpc) is 2.42. The minimum Gasteiger partial charge on any atom is -0.314 e. The molecule has 2 nitrogen and oxygen atoms in total. The van der Waals surface area contributed by atoms with Gasteiger partial charge in [0.25, 0.3) is 0 Å². The molecule has 1 fully saturated rings. The summed E-state index contributed by atoms with van der Waals surface area (Å²) in [5.41, 5.74) is 2.83. The van der Waals surface area contributed by atoms with Crippen LogP contribution >= 0.6 is 24.8 Å². The molecule has 1 heterocycles. The summed E-state index contributed by atoms with van der Waals surface area (Å²) in [5.74, 6) is 0.714. The van der Waals surface area contributed by atoms with Crippen molar-refractivity contribution in [3.05, 3.63) is 35.4 Å². The summed E-state index contributed by atoms with van der Waals surface area (Å²) < 4.78 is 0. The average molecular weight is 319 g/mol. The van der Waals surface area contributed by atoms with Crippen molar-refractivity contribution in [2.24, 2.45) is 5.92 Å². The van der Waals surface area contributed by atoms with Crippen LogP contribution in [-0.4, -0.2) is 31.1 Å². The van der Waals surface area contributed by atoms with Crippen LogP contribution in [0.2, 0.25) is 0 Å². The van der Waals surface area contributed by atoms with Gasteiger partial charge in [-0.05, 0) is 18.4 Å². The molecule has 1 aliphatic rings. The first-order valence-corrected chi connectivity index (χ1v) is 7.23. The number of aryl methyl sites for hydroxylation is 1. The van der Waals surface area contributed by atoms with E-state index in [0.717, 1.165) is 13.1 Å². The van der Waals surface area contributed by atoms with E-state index >= 15 is 0 Å². The molecule has 0 bridgehead atoms. The predicted molar refractivity (Wildman–Crippen MR) is 92.3 cm³/mol. The second-order valence-electron chi connectivity index (χ2n) is 5.53. The highest BCUT2D eigenvalue weighted by atomic mass is 35.5. The lowest BCUT2D eigenvalue weighted by atomic mass is 9.90. The van der Waals surface area contributed by atoms with E-state index in [1.54, 1.807) is 0 Å². The maximum atomic E-state index is 3.45. The summed E-state index contributed by atoms with van der Waals surface area (Å²) >= 11 is 0. The molecule has 1 saturated heterocycles. The largest absolute Gasteiger partial charge is 0.314 e. The Morgan fingerprint density at radius 3 is 2.15 bits per heavy atom. The number of rotatable bonds is 4. The molecule has 0 radical (unpaired) electrons. The standard InChI is InChI=1S/C16H26N2.2ClH/c1-4-14(3)16(18-11-9-17-10-12-18)15-7-5-13(2)6-8-15;;/h5-8,14,16-17H,4,9-12H2,1-3H3;2*1H/t14?,16-;;/m0../s1. The van der Waals surface area contributed by atoms with Crippen LogP contribution in [0.25, 0.3) is 0 Å². The summed E-state index contributed by atoms with van der Waals surface area (Å²) in [6.07, 6.45) is 1.24. The van der Waals surface area contributed by atoms with Crippen LogP contribution in [0.3, 0.4) is 0 Å². The zero-order chi connectivity index (χ0) is 13.0. The summed E-state index contributed by atoms with van der Waals surface area (Å²) in [7, 11) is 0. The Balaban J connectivity index is 0.00000180. The fourth-order valence-electron chi connectivity index (χ4n) is 2.85. The van der Waals surface area contributed by atoms with Gasteiger partial charge in [-0.25, -0.2) is 0 Å². The van der Waals surface area contributed by atoms with Crippen molar-refractivity contribution in [3.63, 3.8) is 0 Å². The Morgan fingerprint density at radius 2 is 1.65 bits per heavy atom. The highest BCUT2D eigenvalue weighted by Gasteiger charge is 2.26. The quantitative estimate of drug-likeness (QED) is 0.907. The van der Waals surface area contributed by atoms with Crippen LogP contribution in [0.15, 0.2) is 24.3 Å². The summed E-state index contributed by atoms with van der Waals surface area (Å²) in [5, 5.41) is 3.45. The molecular formula is C16H28Cl2N2. The molecule has 116 valence electrons. The minimum atomic E-state index is 0. The highest BCUT2D eigenvalue weighted by Crippen LogP contribution is 2.31. The number of halogens is 2. The maximum Gasteiger partial charge on any atom is 0.0374 e. The Labute approximate surface area is 136 Å². The maximum absolute atomic E-state index is 3.45. The molecule has 2 atom stereocenters. The minimum absolute atomic E-state index is 0. The number of benzene rings is 1. The van der Waals surface area contributed by atoms with E-state index in [1.807, 2.05) is 0 Å². The topological polar surface area (TPSA) is 15.3 Å². The lowest BCUT2D eigenvalue weighted by Crippen LogP contribution is -2.46.